The van der Waals surface area contributed by atoms with Crippen molar-refractivity contribution in [3.63, 3.8) is 0 Å². The lowest BCUT2D eigenvalue weighted by Crippen LogP contribution is -2.62. The van der Waals surface area contributed by atoms with Crippen molar-refractivity contribution in [1.82, 2.24) is 0 Å². The Bertz CT molecular complexity index is 1410. The minimum atomic E-state index is -2.04. The molecule has 2 aromatic carbocycles. The van der Waals surface area contributed by atoms with Crippen LogP contribution in [0.1, 0.15) is 0 Å². The molecule has 14 nitrogen and oxygen atoms in total. The number of aromatic hydroxyl groups is 2. The van der Waals surface area contributed by atoms with E-state index in [9.17, 15) is 45.6 Å². The van der Waals surface area contributed by atoms with Gasteiger partial charge in [0.25, 0.3) is 0 Å². The van der Waals surface area contributed by atoms with Crippen molar-refractivity contribution < 1.29 is 64.2 Å². The number of aliphatic hydroxyl groups excluding tert-OH is 5. The summed E-state index contributed by atoms with van der Waals surface area (Å²) in [5, 5.41) is 80.7. The molecule has 14 heteroatoms. The molecule has 1 aromatic heterocycles. The van der Waals surface area contributed by atoms with Gasteiger partial charge in [-0.25, -0.2) is 0 Å². The molecular weight excluding hydrogens is 536 g/mol. The van der Waals surface area contributed by atoms with E-state index in [-0.39, 0.29) is 28.2 Å². The molecule has 0 saturated carbocycles. The molecule has 216 valence electrons. The molecule has 0 unspecified atom stereocenters. The van der Waals surface area contributed by atoms with Crippen molar-refractivity contribution in [2.24, 2.45) is 0 Å². The maximum absolute atomic E-state index is 12.8. The van der Waals surface area contributed by atoms with Gasteiger partial charge in [0.1, 0.15) is 64.0 Å². The van der Waals surface area contributed by atoms with Gasteiger partial charge in [0.15, 0.2) is 17.8 Å². The molecule has 0 spiro atoms. The third-order valence-corrected chi connectivity index (χ3v) is 6.88. The van der Waals surface area contributed by atoms with E-state index in [2.05, 4.69) is 0 Å². The zero-order chi connectivity index (χ0) is 28.8. The molecule has 5 rings (SSSR count). The van der Waals surface area contributed by atoms with Crippen LogP contribution < -0.4 is 10.2 Å². The Kier molecular flexibility index (Phi) is 7.71. The van der Waals surface area contributed by atoms with Crippen molar-refractivity contribution in [2.75, 3.05) is 19.8 Å². The topological polar surface area (TPSA) is 229 Å². The number of ether oxygens (including phenoxy) is 4. The molecule has 8 N–H and O–H groups in total. The van der Waals surface area contributed by atoms with E-state index in [1.807, 2.05) is 0 Å². The largest absolute Gasteiger partial charge is 0.508 e. The quantitative estimate of drug-likeness (QED) is 0.164. The van der Waals surface area contributed by atoms with E-state index in [0.717, 1.165) is 6.07 Å². The number of hydrogen-bond acceptors (Lipinski definition) is 14. The maximum atomic E-state index is 12.8. The Labute approximate surface area is 225 Å². The van der Waals surface area contributed by atoms with Crippen molar-refractivity contribution in [3.05, 3.63) is 52.7 Å². The highest BCUT2D eigenvalue weighted by Gasteiger charge is 2.53. The maximum Gasteiger partial charge on any atom is 0.229 e. The Morgan fingerprint density at radius 3 is 2.35 bits per heavy atom. The van der Waals surface area contributed by atoms with E-state index < -0.39 is 79.7 Å². The second-order valence-corrected chi connectivity index (χ2v) is 9.65. The average Bonchev–Trinajstić information content (AvgIpc) is 3.21. The van der Waals surface area contributed by atoms with Crippen LogP contribution in [0.3, 0.4) is 0 Å². The second kappa shape index (κ2) is 10.9. The van der Waals surface area contributed by atoms with Gasteiger partial charge in [0, 0.05) is 23.8 Å². The van der Waals surface area contributed by atoms with Crippen molar-refractivity contribution in [3.8, 4) is 28.6 Å². The number of hydrogen-bond donors (Lipinski definition) is 8. The van der Waals surface area contributed by atoms with Gasteiger partial charge in [-0.1, -0.05) is 0 Å². The summed E-state index contributed by atoms with van der Waals surface area (Å²) in [5.41, 5.74) is -2.22. The molecule has 0 amide bonds. The van der Waals surface area contributed by atoms with E-state index in [1.54, 1.807) is 0 Å². The van der Waals surface area contributed by atoms with Crippen LogP contribution >= 0.6 is 0 Å². The van der Waals surface area contributed by atoms with E-state index in [4.69, 9.17) is 23.4 Å². The zero-order valence-electron chi connectivity index (χ0n) is 20.7. The van der Waals surface area contributed by atoms with Crippen LogP contribution in [0.15, 0.2) is 51.7 Å². The number of fused-ring (bicyclic) bond motifs is 1. The summed E-state index contributed by atoms with van der Waals surface area (Å²) in [6.45, 7) is -2.06. The van der Waals surface area contributed by atoms with Gasteiger partial charge in [-0.15, -0.1) is 0 Å². The molecule has 2 aliphatic rings. The number of phenolic OH excluding ortho intramolecular Hbond substituents is 2. The average molecular weight is 564 g/mol. The van der Waals surface area contributed by atoms with Gasteiger partial charge >= 0.3 is 0 Å². The fourth-order valence-electron chi connectivity index (χ4n) is 4.57. The number of phenols is 2. The molecule has 3 aromatic rings. The SMILES string of the molecule is O=c1cc(-c2ccc(O)cc2)oc2cc(O[C@H]3O[C@H](CO)[C@@H](O)[C@H](O)[C@@H]3O[C@H]3OC[C@@](O)(CO)[C@@H]3O)cc(O)c12. The summed E-state index contributed by atoms with van der Waals surface area (Å²) < 4.78 is 28.0. The molecule has 8 atom stereocenters. The highest BCUT2D eigenvalue weighted by molar-refractivity contribution is 5.86. The molecule has 2 aliphatic heterocycles. The van der Waals surface area contributed by atoms with Crippen LogP contribution in [0.5, 0.6) is 17.2 Å². The van der Waals surface area contributed by atoms with Gasteiger partial charge in [-0.3, -0.25) is 4.79 Å². The van der Waals surface area contributed by atoms with Gasteiger partial charge < -0.3 is 64.2 Å². The fourth-order valence-corrected chi connectivity index (χ4v) is 4.57. The van der Waals surface area contributed by atoms with E-state index in [1.165, 1.54) is 36.4 Å². The van der Waals surface area contributed by atoms with E-state index >= 15 is 0 Å². The first-order chi connectivity index (χ1) is 19.0. The third kappa shape index (κ3) is 5.12. The summed E-state index contributed by atoms with van der Waals surface area (Å²) in [4.78, 5) is 12.8. The first kappa shape index (κ1) is 28.2. The predicted octanol–water partition coefficient (Wildman–Crippen LogP) is -1.49. The molecule has 2 fully saturated rings. The zero-order valence-corrected chi connectivity index (χ0v) is 20.7. The van der Waals surface area contributed by atoms with Crippen molar-refractivity contribution in [2.45, 2.75) is 48.7 Å². The van der Waals surface area contributed by atoms with Gasteiger partial charge in [-0.2, -0.15) is 0 Å². The standard InChI is InChI=1S/C26H28O14/c27-8-18-20(32)21(33)22(40-25-23(34)26(35,9-28)10-36-25)24(39-18)37-13-5-14(30)19-15(31)7-16(38-17(19)6-13)11-1-3-12(29)4-2-11/h1-7,18,20-25,27-30,32-35H,8-10H2/t18-,20-,21+,22+,23-,24+,25-,26+/m1/s1. The Morgan fingerprint density at radius 2 is 1.70 bits per heavy atom. The summed E-state index contributed by atoms with van der Waals surface area (Å²) in [7, 11) is 0. The minimum absolute atomic E-state index is 0.00882. The van der Waals surface area contributed by atoms with Crippen LogP contribution in [-0.4, -0.2) is 109 Å². The molecule has 0 radical (unpaired) electrons. The van der Waals surface area contributed by atoms with Gasteiger partial charge in [0.2, 0.25) is 6.29 Å². The molecule has 3 heterocycles. The highest BCUT2D eigenvalue weighted by atomic mass is 16.8. The Balaban J connectivity index is 1.47. The number of aliphatic hydroxyl groups is 6. The van der Waals surface area contributed by atoms with Crippen LogP contribution in [0.2, 0.25) is 0 Å². The monoisotopic (exact) mass is 564 g/mol. The minimum Gasteiger partial charge on any atom is -0.508 e. The molecule has 40 heavy (non-hydrogen) atoms. The summed E-state index contributed by atoms with van der Waals surface area (Å²) in [6, 6.07) is 9.37. The first-order valence-electron chi connectivity index (χ1n) is 12.2. The fraction of sp³-hybridized carbons (Fsp3) is 0.423. The smallest absolute Gasteiger partial charge is 0.229 e. The lowest BCUT2D eigenvalue weighted by atomic mass is 9.98. The lowest BCUT2D eigenvalue weighted by Gasteiger charge is -2.42. The number of benzene rings is 2. The molecule has 2 saturated heterocycles. The summed E-state index contributed by atoms with van der Waals surface area (Å²) in [5.74, 6) is -0.496. The summed E-state index contributed by atoms with van der Waals surface area (Å²) >= 11 is 0. The Hall–Kier alpha value is -3.31. The van der Waals surface area contributed by atoms with E-state index in [0.29, 0.717) is 5.56 Å². The first-order valence-corrected chi connectivity index (χ1v) is 12.2. The molecule has 0 bridgehead atoms. The number of rotatable bonds is 7. The second-order valence-electron chi connectivity index (χ2n) is 9.65. The predicted molar refractivity (Wildman–Crippen MR) is 132 cm³/mol. The van der Waals surface area contributed by atoms with Gasteiger partial charge in [-0.05, 0) is 24.3 Å². The third-order valence-electron chi connectivity index (χ3n) is 6.88. The van der Waals surface area contributed by atoms with Crippen LogP contribution in [0.4, 0.5) is 0 Å². The van der Waals surface area contributed by atoms with Crippen LogP contribution in [0.25, 0.3) is 22.3 Å². The highest BCUT2D eigenvalue weighted by Crippen LogP contribution is 2.35. The normalized spacial score (nSPS) is 32.4. The molecular formula is C26H28O14. The lowest BCUT2D eigenvalue weighted by molar-refractivity contribution is -0.318. The summed E-state index contributed by atoms with van der Waals surface area (Å²) in [6.07, 6.45) is -11.2. The van der Waals surface area contributed by atoms with Crippen molar-refractivity contribution >= 4 is 11.0 Å². The molecule has 0 aliphatic carbocycles. The Morgan fingerprint density at radius 1 is 0.975 bits per heavy atom. The van der Waals surface area contributed by atoms with Gasteiger partial charge in [0.05, 0.1) is 19.8 Å². The van der Waals surface area contributed by atoms with Crippen molar-refractivity contribution in [1.29, 1.82) is 0 Å². The van der Waals surface area contributed by atoms with Crippen LogP contribution in [0, 0.1) is 0 Å². The van der Waals surface area contributed by atoms with Crippen LogP contribution in [-0.2, 0) is 14.2 Å².